The van der Waals surface area contributed by atoms with E-state index in [1.165, 1.54) is 11.8 Å². The number of carbonyl (C=O) groups excluding carboxylic acids is 2. The molecule has 1 fully saturated rings. The van der Waals surface area contributed by atoms with Gasteiger partial charge in [-0.1, -0.05) is 48.3 Å². The Balaban J connectivity index is 1.88. The molecule has 23 heavy (non-hydrogen) atoms. The van der Waals surface area contributed by atoms with Crippen molar-refractivity contribution in [1.29, 1.82) is 0 Å². The second kappa shape index (κ2) is 8.57. The number of nitrogens with one attached hydrogen (secondary N) is 2. The summed E-state index contributed by atoms with van der Waals surface area (Å²) in [6.07, 6.45) is 2.09. The number of hydrogen-bond donors (Lipinski definition) is 2. The number of hydrogen-bond acceptors (Lipinski definition) is 4. The lowest BCUT2D eigenvalue weighted by Crippen LogP contribution is -2.28. The van der Waals surface area contributed by atoms with Crippen LogP contribution in [0.25, 0.3) is 0 Å². The number of thioether (sulfide) groups is 1. The first kappa shape index (κ1) is 18.1. The smallest absolute Gasteiger partial charge is 0.240 e. The van der Waals surface area contributed by atoms with Crippen molar-refractivity contribution in [3.8, 4) is 0 Å². The summed E-state index contributed by atoms with van der Waals surface area (Å²) in [4.78, 5) is 28.2. The first-order valence-electron chi connectivity index (χ1n) is 7.26. The van der Waals surface area contributed by atoms with Gasteiger partial charge < -0.3 is 10.6 Å². The SMILES string of the molecule is CCCCN=C1NC(=O)C(CC(=O)Nc2ccc(Cl)c(Cl)c2)S1. The Morgan fingerprint density at radius 3 is 2.87 bits per heavy atom. The zero-order chi connectivity index (χ0) is 16.8. The van der Waals surface area contributed by atoms with Crippen LogP contribution in [-0.2, 0) is 9.59 Å². The van der Waals surface area contributed by atoms with Gasteiger partial charge in [-0.05, 0) is 24.6 Å². The Morgan fingerprint density at radius 1 is 1.39 bits per heavy atom. The van der Waals surface area contributed by atoms with Crippen LogP contribution in [0.4, 0.5) is 5.69 Å². The molecular formula is C15H17Cl2N3O2S. The van der Waals surface area contributed by atoms with Crippen molar-refractivity contribution < 1.29 is 9.59 Å². The molecule has 2 N–H and O–H groups in total. The van der Waals surface area contributed by atoms with E-state index in [0.717, 1.165) is 12.8 Å². The second-order valence-electron chi connectivity index (χ2n) is 5.02. The zero-order valence-corrected chi connectivity index (χ0v) is 14.9. The van der Waals surface area contributed by atoms with Crippen molar-refractivity contribution in [1.82, 2.24) is 5.32 Å². The molecule has 1 atom stereocenters. The lowest BCUT2D eigenvalue weighted by Gasteiger charge is -2.08. The Bertz CT molecular complexity index is 637. The van der Waals surface area contributed by atoms with Crippen LogP contribution in [0.2, 0.25) is 10.0 Å². The highest BCUT2D eigenvalue weighted by atomic mass is 35.5. The normalized spacial score (nSPS) is 19.0. The number of amides is 2. The molecule has 2 amide bonds. The fourth-order valence-corrected chi connectivity index (χ4v) is 3.20. The number of aliphatic imine (C=N–C) groups is 1. The van der Waals surface area contributed by atoms with E-state index < -0.39 is 5.25 Å². The highest BCUT2D eigenvalue weighted by Crippen LogP contribution is 2.26. The molecular weight excluding hydrogens is 357 g/mol. The maximum absolute atomic E-state index is 12.1. The van der Waals surface area contributed by atoms with Crippen LogP contribution in [-0.4, -0.2) is 28.8 Å². The van der Waals surface area contributed by atoms with Gasteiger partial charge in [0.15, 0.2) is 5.17 Å². The van der Waals surface area contributed by atoms with Crippen LogP contribution >= 0.6 is 35.0 Å². The molecule has 1 aliphatic rings. The summed E-state index contributed by atoms with van der Waals surface area (Å²) in [5.41, 5.74) is 0.546. The molecule has 1 unspecified atom stereocenters. The van der Waals surface area contributed by atoms with Gasteiger partial charge in [0, 0.05) is 18.7 Å². The topological polar surface area (TPSA) is 70.6 Å². The van der Waals surface area contributed by atoms with Crippen molar-refractivity contribution >= 4 is 57.6 Å². The third kappa shape index (κ3) is 5.41. The minimum Gasteiger partial charge on any atom is -0.326 e. The lowest BCUT2D eigenvalue weighted by atomic mass is 10.2. The number of anilines is 1. The van der Waals surface area contributed by atoms with Gasteiger partial charge >= 0.3 is 0 Å². The summed E-state index contributed by atoms with van der Waals surface area (Å²) < 4.78 is 0. The first-order chi connectivity index (χ1) is 11.0. The third-order valence-electron chi connectivity index (χ3n) is 3.12. The number of nitrogens with zero attached hydrogens (tertiary/aromatic N) is 1. The fraction of sp³-hybridized carbons (Fsp3) is 0.400. The van der Waals surface area contributed by atoms with E-state index in [0.29, 0.717) is 27.4 Å². The molecule has 1 aromatic carbocycles. The van der Waals surface area contributed by atoms with E-state index in [2.05, 4.69) is 22.5 Å². The average molecular weight is 374 g/mol. The molecule has 0 aromatic heterocycles. The van der Waals surface area contributed by atoms with Crippen molar-refractivity contribution in [2.24, 2.45) is 4.99 Å². The Kier molecular flexibility index (Phi) is 6.74. The van der Waals surface area contributed by atoms with E-state index in [-0.39, 0.29) is 18.2 Å². The lowest BCUT2D eigenvalue weighted by molar-refractivity contribution is -0.122. The summed E-state index contributed by atoms with van der Waals surface area (Å²) in [6.45, 7) is 2.76. The molecule has 0 radical (unpaired) electrons. The Labute approximate surface area is 149 Å². The minimum atomic E-state index is -0.460. The van der Waals surface area contributed by atoms with Gasteiger partial charge in [-0.3, -0.25) is 14.6 Å². The van der Waals surface area contributed by atoms with Crippen LogP contribution in [0, 0.1) is 0 Å². The summed E-state index contributed by atoms with van der Waals surface area (Å²) in [7, 11) is 0. The van der Waals surface area contributed by atoms with Crippen molar-refractivity contribution in [3.63, 3.8) is 0 Å². The molecule has 0 saturated carbocycles. The van der Waals surface area contributed by atoms with Crippen molar-refractivity contribution in [3.05, 3.63) is 28.2 Å². The average Bonchev–Trinajstić information content (AvgIpc) is 2.83. The van der Waals surface area contributed by atoms with E-state index >= 15 is 0 Å². The Morgan fingerprint density at radius 2 is 2.17 bits per heavy atom. The van der Waals surface area contributed by atoms with E-state index in [1.807, 2.05) is 0 Å². The van der Waals surface area contributed by atoms with Gasteiger partial charge in [0.25, 0.3) is 0 Å². The molecule has 1 aromatic rings. The van der Waals surface area contributed by atoms with Gasteiger partial charge in [-0.2, -0.15) is 0 Å². The van der Waals surface area contributed by atoms with Crippen LogP contribution in [0.1, 0.15) is 26.2 Å². The van der Waals surface area contributed by atoms with Crippen LogP contribution in [0.5, 0.6) is 0 Å². The van der Waals surface area contributed by atoms with Crippen LogP contribution < -0.4 is 10.6 Å². The standard InChI is InChI=1S/C15H17Cl2N3O2S/c1-2-3-6-18-15-20-14(22)12(23-15)8-13(21)19-9-4-5-10(16)11(17)7-9/h4-5,7,12H,2-3,6,8H2,1H3,(H,19,21)(H,18,20,22). The quantitative estimate of drug-likeness (QED) is 0.746. The van der Waals surface area contributed by atoms with Crippen LogP contribution in [0.15, 0.2) is 23.2 Å². The predicted octanol–water partition coefficient (Wildman–Crippen LogP) is 3.71. The first-order valence-corrected chi connectivity index (χ1v) is 8.90. The number of amidine groups is 1. The summed E-state index contributed by atoms with van der Waals surface area (Å²) >= 11 is 13.0. The predicted molar refractivity (Wildman–Crippen MR) is 96.4 cm³/mol. The van der Waals surface area contributed by atoms with Gasteiger partial charge in [-0.15, -0.1) is 0 Å². The number of benzene rings is 1. The molecule has 8 heteroatoms. The van der Waals surface area contributed by atoms with Crippen molar-refractivity contribution in [2.45, 2.75) is 31.4 Å². The van der Waals surface area contributed by atoms with E-state index in [1.54, 1.807) is 18.2 Å². The molecule has 2 rings (SSSR count). The number of unbranched alkanes of at least 4 members (excludes halogenated alkanes) is 1. The molecule has 1 aliphatic heterocycles. The molecule has 1 heterocycles. The summed E-state index contributed by atoms with van der Waals surface area (Å²) in [5.74, 6) is -0.444. The minimum absolute atomic E-state index is 0.0730. The molecule has 124 valence electrons. The number of carbonyl (C=O) groups is 2. The summed E-state index contributed by atoms with van der Waals surface area (Å²) in [6, 6.07) is 4.84. The zero-order valence-electron chi connectivity index (χ0n) is 12.6. The van der Waals surface area contributed by atoms with Gasteiger partial charge in [-0.25, -0.2) is 0 Å². The molecule has 5 nitrogen and oxygen atoms in total. The van der Waals surface area contributed by atoms with Gasteiger partial charge in [0.05, 0.1) is 10.0 Å². The maximum Gasteiger partial charge on any atom is 0.240 e. The maximum atomic E-state index is 12.1. The number of halogens is 2. The largest absolute Gasteiger partial charge is 0.326 e. The molecule has 0 bridgehead atoms. The summed E-state index contributed by atoms with van der Waals surface area (Å²) in [5, 5.41) is 6.33. The number of rotatable bonds is 6. The van der Waals surface area contributed by atoms with Crippen LogP contribution in [0.3, 0.4) is 0 Å². The van der Waals surface area contributed by atoms with Crippen molar-refractivity contribution in [2.75, 3.05) is 11.9 Å². The monoisotopic (exact) mass is 373 g/mol. The Hall–Kier alpha value is -1.24. The molecule has 0 spiro atoms. The van der Waals surface area contributed by atoms with E-state index in [9.17, 15) is 9.59 Å². The fourth-order valence-electron chi connectivity index (χ4n) is 1.91. The third-order valence-corrected chi connectivity index (χ3v) is 4.98. The highest BCUT2D eigenvalue weighted by molar-refractivity contribution is 8.15. The molecule has 1 saturated heterocycles. The van der Waals surface area contributed by atoms with E-state index in [4.69, 9.17) is 23.2 Å². The highest BCUT2D eigenvalue weighted by Gasteiger charge is 2.31. The second-order valence-corrected chi connectivity index (χ2v) is 7.02. The van der Waals surface area contributed by atoms with Gasteiger partial charge in [0.2, 0.25) is 11.8 Å². The molecule has 0 aliphatic carbocycles. The van der Waals surface area contributed by atoms with Gasteiger partial charge in [0.1, 0.15) is 5.25 Å².